The summed E-state index contributed by atoms with van der Waals surface area (Å²) in [4.78, 5) is 37.0. The zero-order valence-electron chi connectivity index (χ0n) is 17.7. The highest BCUT2D eigenvalue weighted by atomic mass is 32.2. The second-order valence-electron chi connectivity index (χ2n) is 7.23. The molecule has 0 unspecified atom stereocenters. The summed E-state index contributed by atoms with van der Waals surface area (Å²) in [7, 11) is -3.70. The highest BCUT2D eigenvalue weighted by Gasteiger charge is 2.26. The number of benzene rings is 1. The van der Waals surface area contributed by atoms with Crippen molar-refractivity contribution in [3.05, 3.63) is 71.5 Å². The molecule has 0 radical (unpaired) electrons. The fraction of sp³-hybridized carbons (Fsp3) is 0.190. The maximum Gasteiger partial charge on any atom is 0.287 e. The summed E-state index contributed by atoms with van der Waals surface area (Å²) in [5, 5.41) is 4.22. The summed E-state index contributed by atoms with van der Waals surface area (Å²) in [6.45, 7) is 3.48. The number of carbonyl (C=O) groups is 3. The van der Waals surface area contributed by atoms with Gasteiger partial charge in [0.25, 0.3) is 27.7 Å². The number of nitrogens with one attached hydrogen (secondary N) is 4. The number of carbonyl (C=O) groups excluding carboxylic acids is 3. The number of rotatable bonds is 8. The van der Waals surface area contributed by atoms with E-state index in [0.29, 0.717) is 0 Å². The Morgan fingerprint density at radius 3 is 2.24 bits per heavy atom. The van der Waals surface area contributed by atoms with E-state index >= 15 is 0 Å². The van der Waals surface area contributed by atoms with Crippen LogP contribution in [0.1, 0.15) is 34.8 Å². The molecule has 0 fully saturated rings. The molecule has 12 heteroatoms. The van der Waals surface area contributed by atoms with Crippen LogP contribution in [0.15, 0.2) is 68.8 Å². The minimum Gasteiger partial charge on any atom is -0.459 e. The topological polar surface area (TPSA) is 147 Å². The van der Waals surface area contributed by atoms with Crippen LogP contribution in [-0.2, 0) is 14.8 Å². The third-order valence-electron chi connectivity index (χ3n) is 4.44. The first kappa shape index (κ1) is 24.0. The number of sulfonamides is 1. The first-order valence-electron chi connectivity index (χ1n) is 9.78. The lowest BCUT2D eigenvalue weighted by Crippen LogP contribution is -2.54. The number of amides is 3. The monoisotopic (exact) mass is 490 g/mol. The van der Waals surface area contributed by atoms with Gasteiger partial charge in [0.2, 0.25) is 0 Å². The number of furan rings is 1. The van der Waals surface area contributed by atoms with Gasteiger partial charge < -0.3 is 9.73 Å². The Bertz CT molecular complexity index is 1200. The van der Waals surface area contributed by atoms with Crippen molar-refractivity contribution in [2.24, 2.45) is 5.92 Å². The van der Waals surface area contributed by atoms with Crippen LogP contribution in [0.3, 0.4) is 0 Å². The molecule has 3 rings (SSSR count). The molecule has 0 aliphatic heterocycles. The van der Waals surface area contributed by atoms with Gasteiger partial charge in [0, 0.05) is 11.3 Å². The lowest BCUT2D eigenvalue weighted by molar-refractivity contribution is -0.124. The minimum absolute atomic E-state index is 0.0623. The van der Waals surface area contributed by atoms with Crippen LogP contribution in [0.2, 0.25) is 0 Å². The molecule has 0 bridgehead atoms. The number of hydrogen-bond acceptors (Lipinski definition) is 7. The molecule has 2 aromatic heterocycles. The van der Waals surface area contributed by atoms with E-state index in [1.807, 2.05) is 0 Å². The van der Waals surface area contributed by atoms with Crippen molar-refractivity contribution in [3.63, 3.8) is 0 Å². The quantitative estimate of drug-likeness (QED) is 0.357. The molecular formula is C21H22N4O6S2. The highest BCUT2D eigenvalue weighted by molar-refractivity contribution is 7.94. The number of hydrazine groups is 1. The standard InChI is InChI=1S/C21H22N4O6S2/c1-13(2)18(22-20(27)16-5-3-11-31-16)21(28)24-23-19(26)14-7-9-15(10-8-14)25-33(29,30)17-6-4-12-32-17/h3-13,18,25H,1-2H3,(H,22,27)(H,23,26)(H,24,28)/t18-/m1/s1. The van der Waals surface area contributed by atoms with Crippen molar-refractivity contribution in [1.29, 1.82) is 0 Å². The highest BCUT2D eigenvalue weighted by Crippen LogP contribution is 2.20. The third-order valence-corrected chi connectivity index (χ3v) is 7.22. The van der Waals surface area contributed by atoms with Gasteiger partial charge in [-0.3, -0.25) is 30.0 Å². The zero-order chi connectivity index (χ0) is 24.0. The average molecular weight is 491 g/mol. The van der Waals surface area contributed by atoms with Gasteiger partial charge in [0.1, 0.15) is 10.3 Å². The van der Waals surface area contributed by atoms with E-state index in [0.717, 1.165) is 11.3 Å². The smallest absolute Gasteiger partial charge is 0.287 e. The predicted molar refractivity (Wildman–Crippen MR) is 122 cm³/mol. The predicted octanol–water partition coefficient (Wildman–Crippen LogP) is 2.36. The zero-order valence-corrected chi connectivity index (χ0v) is 19.3. The van der Waals surface area contributed by atoms with E-state index in [-0.39, 0.29) is 27.1 Å². The number of thiophene rings is 1. The van der Waals surface area contributed by atoms with E-state index in [1.54, 1.807) is 31.4 Å². The van der Waals surface area contributed by atoms with Crippen molar-refractivity contribution in [3.8, 4) is 0 Å². The van der Waals surface area contributed by atoms with Crippen molar-refractivity contribution < 1.29 is 27.2 Å². The average Bonchev–Trinajstić information content (AvgIpc) is 3.50. The van der Waals surface area contributed by atoms with Crippen LogP contribution in [0.4, 0.5) is 5.69 Å². The summed E-state index contributed by atoms with van der Waals surface area (Å²) < 4.78 is 32.1. The van der Waals surface area contributed by atoms with Gasteiger partial charge in [-0.2, -0.15) is 0 Å². The Hall–Kier alpha value is -3.64. The molecule has 3 amide bonds. The number of hydrogen-bond donors (Lipinski definition) is 4. The molecule has 3 aromatic rings. The molecular weight excluding hydrogens is 468 g/mol. The maximum absolute atomic E-state index is 12.5. The lowest BCUT2D eigenvalue weighted by Gasteiger charge is -2.21. The van der Waals surface area contributed by atoms with E-state index in [2.05, 4.69) is 20.9 Å². The van der Waals surface area contributed by atoms with Crippen molar-refractivity contribution in [2.45, 2.75) is 24.1 Å². The molecule has 10 nitrogen and oxygen atoms in total. The summed E-state index contributed by atoms with van der Waals surface area (Å²) in [6.07, 6.45) is 1.35. The molecule has 4 N–H and O–H groups in total. The molecule has 0 aliphatic carbocycles. The summed E-state index contributed by atoms with van der Waals surface area (Å²) in [6, 6.07) is 10.9. The van der Waals surface area contributed by atoms with E-state index in [4.69, 9.17) is 4.42 Å². The van der Waals surface area contributed by atoms with E-state index in [1.165, 1.54) is 42.7 Å². The SMILES string of the molecule is CC(C)[C@@H](NC(=O)c1ccco1)C(=O)NNC(=O)c1ccc(NS(=O)(=O)c2cccs2)cc1. The second-order valence-corrected chi connectivity index (χ2v) is 10.1. The Kier molecular flexibility index (Phi) is 7.51. The van der Waals surface area contributed by atoms with Crippen LogP contribution >= 0.6 is 11.3 Å². The summed E-state index contributed by atoms with van der Waals surface area (Å²) in [5.74, 6) is -1.99. The second kappa shape index (κ2) is 10.3. The molecule has 0 spiro atoms. The molecule has 33 heavy (non-hydrogen) atoms. The van der Waals surface area contributed by atoms with Gasteiger partial charge in [-0.15, -0.1) is 11.3 Å². The summed E-state index contributed by atoms with van der Waals surface area (Å²) in [5.41, 5.74) is 5.04. The Morgan fingerprint density at radius 2 is 1.67 bits per heavy atom. The molecule has 2 heterocycles. The first-order chi connectivity index (χ1) is 15.7. The van der Waals surface area contributed by atoms with Gasteiger partial charge >= 0.3 is 0 Å². The molecule has 174 valence electrons. The molecule has 0 saturated carbocycles. The van der Waals surface area contributed by atoms with Crippen molar-refractivity contribution >= 4 is 44.8 Å². The van der Waals surface area contributed by atoms with Gasteiger partial charge in [0.15, 0.2) is 5.76 Å². The molecule has 1 aromatic carbocycles. The van der Waals surface area contributed by atoms with E-state index in [9.17, 15) is 22.8 Å². The first-order valence-corrected chi connectivity index (χ1v) is 12.1. The van der Waals surface area contributed by atoms with Gasteiger partial charge in [-0.1, -0.05) is 19.9 Å². The van der Waals surface area contributed by atoms with Crippen LogP contribution in [0, 0.1) is 5.92 Å². The van der Waals surface area contributed by atoms with Crippen molar-refractivity contribution in [1.82, 2.24) is 16.2 Å². The van der Waals surface area contributed by atoms with Gasteiger partial charge in [-0.25, -0.2) is 8.42 Å². The third kappa shape index (κ3) is 6.20. The van der Waals surface area contributed by atoms with Crippen LogP contribution in [0.5, 0.6) is 0 Å². The summed E-state index contributed by atoms with van der Waals surface area (Å²) >= 11 is 1.09. The number of anilines is 1. The fourth-order valence-corrected chi connectivity index (χ4v) is 4.79. The lowest BCUT2D eigenvalue weighted by atomic mass is 10.0. The van der Waals surface area contributed by atoms with Crippen LogP contribution in [0.25, 0.3) is 0 Å². The van der Waals surface area contributed by atoms with Crippen molar-refractivity contribution in [2.75, 3.05) is 4.72 Å². The Balaban J connectivity index is 1.56. The minimum atomic E-state index is -3.70. The largest absolute Gasteiger partial charge is 0.459 e. The van der Waals surface area contributed by atoms with E-state index < -0.39 is 33.8 Å². The van der Waals surface area contributed by atoms with Gasteiger partial charge in [-0.05, 0) is 53.8 Å². The maximum atomic E-state index is 12.5. The fourth-order valence-electron chi connectivity index (χ4n) is 2.73. The molecule has 1 atom stereocenters. The molecule has 0 saturated heterocycles. The Morgan fingerprint density at radius 1 is 0.939 bits per heavy atom. The Labute approximate surface area is 194 Å². The normalized spacial score (nSPS) is 12.1. The van der Waals surface area contributed by atoms with Crippen LogP contribution < -0.4 is 20.9 Å². The molecule has 0 aliphatic rings. The van der Waals surface area contributed by atoms with Gasteiger partial charge in [0.05, 0.1) is 6.26 Å². The van der Waals surface area contributed by atoms with Crippen LogP contribution in [-0.4, -0.2) is 32.2 Å².